The molecule has 2 aromatic rings. The molecule has 4 nitrogen and oxygen atoms in total. The number of ether oxygens (including phenoxy) is 2. The highest BCUT2D eigenvalue weighted by Gasteiger charge is 2.24. The molecule has 0 atom stereocenters. The third-order valence-electron chi connectivity index (χ3n) is 4.45. The third-order valence-corrected chi connectivity index (χ3v) is 4.94. The lowest BCUT2D eigenvalue weighted by Crippen LogP contribution is -2.37. The lowest BCUT2D eigenvalue weighted by molar-refractivity contribution is 0.0945. The standard InChI is InChI=1S/C20H22BrNO3/c1-13-10-15(21)5-6-16(13)19(23)22-12-20(2,3)14-4-7-17-18(11-14)25-9-8-24-17/h4-7,10-11H,8-9,12H2,1-3H3,(H,22,23). The second-order valence-corrected chi connectivity index (χ2v) is 7.80. The van der Waals surface area contributed by atoms with Crippen LogP contribution >= 0.6 is 15.9 Å². The van der Waals surface area contributed by atoms with Crippen molar-refractivity contribution < 1.29 is 14.3 Å². The number of carbonyl (C=O) groups is 1. The number of hydrogen-bond acceptors (Lipinski definition) is 3. The van der Waals surface area contributed by atoms with E-state index >= 15 is 0 Å². The van der Waals surface area contributed by atoms with Gasteiger partial charge in [0.15, 0.2) is 11.5 Å². The van der Waals surface area contributed by atoms with E-state index in [-0.39, 0.29) is 11.3 Å². The molecule has 1 N–H and O–H groups in total. The Balaban J connectivity index is 1.72. The number of rotatable bonds is 4. The molecule has 0 unspecified atom stereocenters. The first kappa shape index (κ1) is 17.8. The van der Waals surface area contributed by atoms with Crippen LogP contribution in [0.15, 0.2) is 40.9 Å². The zero-order valence-electron chi connectivity index (χ0n) is 14.7. The van der Waals surface area contributed by atoms with Gasteiger partial charge in [0, 0.05) is 22.0 Å². The van der Waals surface area contributed by atoms with E-state index in [1.165, 1.54) is 0 Å². The predicted molar refractivity (Wildman–Crippen MR) is 102 cm³/mol. The zero-order chi connectivity index (χ0) is 18.0. The summed E-state index contributed by atoms with van der Waals surface area (Å²) >= 11 is 3.42. The van der Waals surface area contributed by atoms with Gasteiger partial charge >= 0.3 is 0 Å². The normalized spacial score (nSPS) is 13.4. The predicted octanol–water partition coefficient (Wildman–Crippen LogP) is 4.24. The first-order chi connectivity index (χ1) is 11.9. The number of nitrogens with one attached hydrogen (secondary N) is 1. The van der Waals surface area contributed by atoms with Crippen LogP contribution in [0.25, 0.3) is 0 Å². The molecule has 0 fully saturated rings. The van der Waals surface area contributed by atoms with E-state index < -0.39 is 0 Å². The molecular formula is C20H22BrNO3. The van der Waals surface area contributed by atoms with Crippen LogP contribution < -0.4 is 14.8 Å². The van der Waals surface area contributed by atoms with Crippen LogP contribution in [0.2, 0.25) is 0 Å². The van der Waals surface area contributed by atoms with Gasteiger partial charge in [-0.15, -0.1) is 0 Å². The lowest BCUT2D eigenvalue weighted by Gasteiger charge is -2.28. The molecule has 25 heavy (non-hydrogen) atoms. The van der Waals surface area contributed by atoms with Gasteiger partial charge in [0.1, 0.15) is 13.2 Å². The number of fused-ring (bicyclic) bond motifs is 1. The molecule has 1 amide bonds. The Bertz CT molecular complexity index is 802. The average molecular weight is 404 g/mol. The van der Waals surface area contributed by atoms with Crippen molar-refractivity contribution in [2.75, 3.05) is 19.8 Å². The van der Waals surface area contributed by atoms with Crippen LogP contribution in [0.1, 0.15) is 35.3 Å². The Morgan fingerprint density at radius 2 is 1.84 bits per heavy atom. The molecular weight excluding hydrogens is 382 g/mol. The molecule has 1 aliphatic rings. The topological polar surface area (TPSA) is 47.6 Å². The van der Waals surface area contributed by atoms with Gasteiger partial charge in [-0.05, 0) is 48.4 Å². The van der Waals surface area contributed by atoms with Crippen molar-refractivity contribution in [3.05, 3.63) is 57.6 Å². The summed E-state index contributed by atoms with van der Waals surface area (Å²) in [7, 11) is 0. The highest BCUT2D eigenvalue weighted by molar-refractivity contribution is 9.10. The van der Waals surface area contributed by atoms with Crippen LogP contribution in [0, 0.1) is 6.92 Å². The average Bonchev–Trinajstić information content (AvgIpc) is 2.59. The smallest absolute Gasteiger partial charge is 0.251 e. The Kier molecular flexibility index (Phi) is 5.04. The van der Waals surface area contributed by atoms with Crippen molar-refractivity contribution in [2.24, 2.45) is 0 Å². The van der Waals surface area contributed by atoms with Crippen molar-refractivity contribution in [3.63, 3.8) is 0 Å². The van der Waals surface area contributed by atoms with Crippen LogP contribution in [-0.4, -0.2) is 25.7 Å². The minimum atomic E-state index is -0.227. The Morgan fingerprint density at radius 3 is 2.56 bits per heavy atom. The molecule has 0 radical (unpaired) electrons. The molecule has 1 heterocycles. The molecule has 0 saturated heterocycles. The number of halogens is 1. The van der Waals surface area contributed by atoms with E-state index in [1.54, 1.807) is 0 Å². The molecule has 2 aromatic carbocycles. The molecule has 0 bridgehead atoms. The number of benzene rings is 2. The van der Waals surface area contributed by atoms with Crippen LogP contribution in [-0.2, 0) is 5.41 Å². The second kappa shape index (κ2) is 7.08. The van der Waals surface area contributed by atoms with Crippen molar-refractivity contribution in [1.29, 1.82) is 0 Å². The molecule has 132 valence electrons. The monoisotopic (exact) mass is 403 g/mol. The van der Waals surface area contributed by atoms with Crippen LogP contribution in [0.4, 0.5) is 0 Å². The van der Waals surface area contributed by atoms with Gasteiger partial charge in [-0.2, -0.15) is 0 Å². The maximum Gasteiger partial charge on any atom is 0.251 e. The Morgan fingerprint density at radius 1 is 1.12 bits per heavy atom. The summed E-state index contributed by atoms with van der Waals surface area (Å²) in [5, 5.41) is 3.05. The van der Waals surface area contributed by atoms with Gasteiger partial charge in [0.2, 0.25) is 0 Å². The SMILES string of the molecule is Cc1cc(Br)ccc1C(=O)NCC(C)(C)c1ccc2c(c1)OCCO2. The molecule has 0 saturated carbocycles. The molecule has 0 aliphatic carbocycles. The van der Waals surface area contributed by atoms with Gasteiger partial charge < -0.3 is 14.8 Å². The summed E-state index contributed by atoms with van der Waals surface area (Å²) < 4.78 is 12.2. The summed E-state index contributed by atoms with van der Waals surface area (Å²) in [4.78, 5) is 12.5. The van der Waals surface area contributed by atoms with E-state index in [0.29, 0.717) is 25.3 Å². The maximum atomic E-state index is 12.5. The van der Waals surface area contributed by atoms with E-state index in [0.717, 1.165) is 27.1 Å². The largest absolute Gasteiger partial charge is 0.486 e. The summed E-state index contributed by atoms with van der Waals surface area (Å²) in [6.45, 7) is 7.82. The van der Waals surface area contributed by atoms with E-state index in [9.17, 15) is 4.79 Å². The van der Waals surface area contributed by atoms with Gasteiger partial charge in [-0.3, -0.25) is 4.79 Å². The van der Waals surface area contributed by atoms with Gasteiger partial charge in [-0.1, -0.05) is 35.8 Å². The fourth-order valence-corrected chi connectivity index (χ4v) is 3.32. The van der Waals surface area contributed by atoms with Crippen molar-refractivity contribution in [1.82, 2.24) is 5.32 Å². The zero-order valence-corrected chi connectivity index (χ0v) is 16.3. The second-order valence-electron chi connectivity index (χ2n) is 6.88. The molecule has 3 rings (SSSR count). The quantitative estimate of drug-likeness (QED) is 0.830. The lowest BCUT2D eigenvalue weighted by atomic mass is 9.84. The van der Waals surface area contributed by atoms with E-state index in [4.69, 9.17) is 9.47 Å². The van der Waals surface area contributed by atoms with Crippen LogP contribution in [0.5, 0.6) is 11.5 Å². The molecule has 5 heteroatoms. The molecule has 1 aliphatic heterocycles. The highest BCUT2D eigenvalue weighted by Crippen LogP contribution is 2.35. The minimum absolute atomic E-state index is 0.0596. The molecule has 0 spiro atoms. The van der Waals surface area contributed by atoms with E-state index in [1.807, 2.05) is 43.3 Å². The van der Waals surface area contributed by atoms with Crippen molar-refractivity contribution in [2.45, 2.75) is 26.2 Å². The summed E-state index contributed by atoms with van der Waals surface area (Å²) in [6, 6.07) is 11.6. The van der Waals surface area contributed by atoms with Gasteiger partial charge in [0.05, 0.1) is 0 Å². The fourth-order valence-electron chi connectivity index (χ4n) is 2.84. The molecule has 0 aromatic heterocycles. The van der Waals surface area contributed by atoms with Crippen molar-refractivity contribution in [3.8, 4) is 11.5 Å². The number of carbonyl (C=O) groups excluding carboxylic acids is 1. The first-order valence-electron chi connectivity index (χ1n) is 8.31. The van der Waals surface area contributed by atoms with E-state index in [2.05, 4.69) is 35.1 Å². The highest BCUT2D eigenvalue weighted by atomic mass is 79.9. The summed E-state index contributed by atoms with van der Waals surface area (Å²) in [6.07, 6.45) is 0. The van der Waals surface area contributed by atoms with Crippen molar-refractivity contribution >= 4 is 21.8 Å². The Labute approximate surface area is 156 Å². The maximum absolute atomic E-state index is 12.5. The third kappa shape index (κ3) is 3.98. The number of hydrogen-bond donors (Lipinski definition) is 1. The number of amides is 1. The minimum Gasteiger partial charge on any atom is -0.486 e. The first-order valence-corrected chi connectivity index (χ1v) is 9.10. The fraction of sp³-hybridized carbons (Fsp3) is 0.350. The number of aryl methyl sites for hydroxylation is 1. The van der Waals surface area contributed by atoms with Gasteiger partial charge in [0.25, 0.3) is 5.91 Å². The van der Waals surface area contributed by atoms with Gasteiger partial charge in [-0.25, -0.2) is 0 Å². The Hall–Kier alpha value is -2.01. The van der Waals surface area contributed by atoms with Crippen LogP contribution in [0.3, 0.4) is 0 Å². The summed E-state index contributed by atoms with van der Waals surface area (Å²) in [5.41, 5.74) is 2.52. The summed E-state index contributed by atoms with van der Waals surface area (Å²) in [5.74, 6) is 1.49.